The van der Waals surface area contributed by atoms with Gasteiger partial charge in [0.1, 0.15) is 11.6 Å². The van der Waals surface area contributed by atoms with Crippen LogP contribution in [-0.2, 0) is 0 Å². The molecule has 0 atom stereocenters. The summed E-state index contributed by atoms with van der Waals surface area (Å²) in [6, 6.07) is 7.91. The number of benzene rings is 1. The number of carbonyl (C=O) groups excluding carboxylic acids is 1. The van der Waals surface area contributed by atoms with Crippen LogP contribution in [-0.4, -0.2) is 41.7 Å². The highest BCUT2D eigenvalue weighted by molar-refractivity contribution is 7.22. The highest BCUT2D eigenvalue weighted by Crippen LogP contribution is 2.31. The van der Waals surface area contributed by atoms with Crippen LogP contribution in [0.1, 0.15) is 29.6 Å². The SMILES string of the molecule is O=C(Nc1nc2ccc(OCC(F)(F)F)cc2s1)c1cccnc1N1CCCCC1. The minimum absolute atomic E-state index is 0.0981. The van der Waals surface area contributed by atoms with Crippen LogP contribution in [0.3, 0.4) is 0 Å². The molecule has 3 aromatic rings. The number of alkyl halides is 3. The highest BCUT2D eigenvalue weighted by Gasteiger charge is 2.28. The second kappa shape index (κ2) is 8.47. The molecule has 10 heteroatoms. The number of amides is 1. The predicted molar refractivity (Wildman–Crippen MR) is 109 cm³/mol. The van der Waals surface area contributed by atoms with E-state index in [2.05, 4.69) is 20.2 Å². The lowest BCUT2D eigenvalue weighted by atomic mass is 10.1. The summed E-state index contributed by atoms with van der Waals surface area (Å²) >= 11 is 1.17. The number of hydrogen-bond acceptors (Lipinski definition) is 6. The van der Waals surface area contributed by atoms with Crippen LogP contribution in [0.15, 0.2) is 36.5 Å². The molecule has 1 aromatic carbocycles. The molecule has 0 unspecified atom stereocenters. The van der Waals surface area contributed by atoms with Crippen molar-refractivity contribution in [3.8, 4) is 5.75 Å². The van der Waals surface area contributed by atoms with Crippen molar-refractivity contribution in [3.05, 3.63) is 42.1 Å². The number of aromatic nitrogens is 2. The van der Waals surface area contributed by atoms with Crippen molar-refractivity contribution in [1.29, 1.82) is 0 Å². The molecule has 4 rings (SSSR count). The lowest BCUT2D eigenvalue weighted by molar-refractivity contribution is -0.153. The van der Waals surface area contributed by atoms with Crippen molar-refractivity contribution in [2.75, 3.05) is 29.9 Å². The monoisotopic (exact) mass is 436 g/mol. The normalized spacial score (nSPS) is 14.7. The van der Waals surface area contributed by atoms with Crippen LogP contribution in [0, 0.1) is 0 Å². The number of pyridine rings is 1. The lowest BCUT2D eigenvalue weighted by Crippen LogP contribution is -2.32. The summed E-state index contributed by atoms with van der Waals surface area (Å²) in [6.45, 7) is 0.361. The number of ether oxygens (including phenoxy) is 1. The van der Waals surface area contributed by atoms with E-state index in [0.29, 0.717) is 26.7 Å². The number of hydrogen-bond donors (Lipinski definition) is 1. The number of anilines is 2. The van der Waals surface area contributed by atoms with Gasteiger partial charge in [-0.3, -0.25) is 10.1 Å². The first-order valence-corrected chi connectivity index (χ1v) is 10.3. The Kier molecular flexibility index (Phi) is 5.76. The average molecular weight is 436 g/mol. The summed E-state index contributed by atoms with van der Waals surface area (Å²) in [5, 5.41) is 3.14. The van der Waals surface area contributed by atoms with Crippen molar-refractivity contribution in [2.24, 2.45) is 0 Å². The molecule has 158 valence electrons. The summed E-state index contributed by atoms with van der Waals surface area (Å²) < 4.78 is 42.4. The van der Waals surface area contributed by atoms with E-state index in [0.717, 1.165) is 25.9 Å². The number of nitrogens with zero attached hydrogens (tertiary/aromatic N) is 3. The molecule has 1 aliphatic rings. The first-order valence-electron chi connectivity index (χ1n) is 9.50. The Morgan fingerprint density at radius 1 is 1.20 bits per heavy atom. The Morgan fingerprint density at radius 3 is 2.77 bits per heavy atom. The van der Waals surface area contributed by atoms with Gasteiger partial charge >= 0.3 is 6.18 Å². The fourth-order valence-corrected chi connectivity index (χ4v) is 4.20. The summed E-state index contributed by atoms with van der Waals surface area (Å²) in [4.78, 5) is 23.7. The molecular weight excluding hydrogens is 417 g/mol. The largest absolute Gasteiger partial charge is 0.484 e. The molecule has 30 heavy (non-hydrogen) atoms. The zero-order valence-electron chi connectivity index (χ0n) is 15.9. The standard InChI is InChI=1S/C20H19F3N4O2S/c21-20(22,23)12-29-13-6-7-15-16(11-13)30-19(25-15)26-18(28)14-5-4-8-24-17(14)27-9-2-1-3-10-27/h4-8,11H,1-3,9-10,12H2,(H,25,26,28). The van der Waals surface area contributed by atoms with E-state index in [1.165, 1.54) is 29.9 Å². The minimum atomic E-state index is -4.41. The maximum absolute atomic E-state index is 12.9. The molecule has 1 N–H and O–H groups in total. The Labute approximate surface area is 174 Å². The maximum Gasteiger partial charge on any atom is 0.422 e. The number of halogens is 3. The van der Waals surface area contributed by atoms with Crippen LogP contribution >= 0.6 is 11.3 Å². The van der Waals surface area contributed by atoms with Gasteiger partial charge in [-0.2, -0.15) is 13.2 Å². The first kappa shape index (κ1) is 20.4. The highest BCUT2D eigenvalue weighted by atomic mass is 32.1. The topological polar surface area (TPSA) is 67.3 Å². The Balaban J connectivity index is 1.51. The Hall–Kier alpha value is -2.88. The number of carbonyl (C=O) groups is 1. The molecule has 1 fully saturated rings. The molecule has 1 amide bonds. The fourth-order valence-electron chi connectivity index (χ4n) is 3.31. The van der Waals surface area contributed by atoms with Gasteiger partial charge in [-0.05, 0) is 49.6 Å². The number of nitrogens with one attached hydrogen (secondary N) is 1. The molecule has 0 bridgehead atoms. The van der Waals surface area contributed by atoms with Crippen LogP contribution < -0.4 is 15.0 Å². The van der Waals surface area contributed by atoms with E-state index >= 15 is 0 Å². The van der Waals surface area contributed by atoms with Gasteiger partial charge in [0.25, 0.3) is 5.91 Å². The van der Waals surface area contributed by atoms with Crippen molar-refractivity contribution >= 4 is 38.4 Å². The van der Waals surface area contributed by atoms with Crippen molar-refractivity contribution in [1.82, 2.24) is 9.97 Å². The number of fused-ring (bicyclic) bond motifs is 1. The minimum Gasteiger partial charge on any atom is -0.484 e. The quantitative estimate of drug-likeness (QED) is 0.618. The third-order valence-electron chi connectivity index (χ3n) is 4.67. The van der Waals surface area contributed by atoms with Gasteiger partial charge in [0, 0.05) is 19.3 Å². The second-order valence-electron chi connectivity index (χ2n) is 6.93. The van der Waals surface area contributed by atoms with E-state index in [1.54, 1.807) is 24.4 Å². The third-order valence-corrected chi connectivity index (χ3v) is 5.60. The molecular formula is C20H19F3N4O2S. The summed E-state index contributed by atoms with van der Waals surface area (Å²) in [7, 11) is 0. The molecule has 6 nitrogen and oxygen atoms in total. The van der Waals surface area contributed by atoms with Crippen molar-refractivity contribution in [3.63, 3.8) is 0 Å². The van der Waals surface area contributed by atoms with Gasteiger partial charge in [-0.1, -0.05) is 11.3 Å². The fraction of sp³-hybridized carbons (Fsp3) is 0.350. The molecule has 0 spiro atoms. The van der Waals surface area contributed by atoms with Crippen LogP contribution in [0.5, 0.6) is 5.75 Å². The molecule has 3 heterocycles. The summed E-state index contributed by atoms with van der Waals surface area (Å²) in [5.74, 6) is 0.427. The van der Waals surface area contributed by atoms with Crippen molar-refractivity contribution < 1.29 is 22.7 Å². The number of piperidine rings is 1. The smallest absolute Gasteiger partial charge is 0.422 e. The van der Waals surface area contributed by atoms with Crippen molar-refractivity contribution in [2.45, 2.75) is 25.4 Å². The van der Waals surface area contributed by atoms with E-state index in [9.17, 15) is 18.0 Å². The molecule has 0 saturated carbocycles. The Bertz CT molecular complexity index is 1050. The van der Waals surface area contributed by atoms with Crippen LogP contribution in [0.4, 0.5) is 24.1 Å². The van der Waals surface area contributed by atoms with Crippen LogP contribution in [0.2, 0.25) is 0 Å². The van der Waals surface area contributed by atoms with E-state index in [1.807, 2.05) is 0 Å². The zero-order chi connectivity index (χ0) is 21.1. The summed E-state index contributed by atoms with van der Waals surface area (Å²) in [5.41, 5.74) is 1.03. The number of rotatable bonds is 5. The van der Waals surface area contributed by atoms with Gasteiger partial charge in [-0.25, -0.2) is 9.97 Å². The lowest BCUT2D eigenvalue weighted by Gasteiger charge is -2.28. The average Bonchev–Trinajstić information content (AvgIpc) is 3.14. The van der Waals surface area contributed by atoms with E-state index in [4.69, 9.17) is 4.74 Å². The second-order valence-corrected chi connectivity index (χ2v) is 7.96. The predicted octanol–water partition coefficient (Wildman–Crippen LogP) is 4.88. The van der Waals surface area contributed by atoms with Crippen LogP contribution in [0.25, 0.3) is 10.2 Å². The molecule has 1 aliphatic heterocycles. The molecule has 0 radical (unpaired) electrons. The molecule has 0 aliphatic carbocycles. The molecule has 2 aromatic heterocycles. The number of thiazole rings is 1. The maximum atomic E-state index is 12.9. The van der Waals surface area contributed by atoms with Gasteiger partial charge in [0.15, 0.2) is 11.7 Å². The zero-order valence-corrected chi connectivity index (χ0v) is 16.7. The van der Waals surface area contributed by atoms with E-state index in [-0.39, 0.29) is 11.7 Å². The van der Waals surface area contributed by atoms with Gasteiger partial charge in [-0.15, -0.1) is 0 Å². The van der Waals surface area contributed by atoms with Gasteiger partial charge in [0.2, 0.25) is 0 Å². The molecule has 1 saturated heterocycles. The summed E-state index contributed by atoms with van der Waals surface area (Å²) in [6.07, 6.45) is 0.562. The first-order chi connectivity index (χ1) is 14.4. The third kappa shape index (κ3) is 4.81. The van der Waals surface area contributed by atoms with E-state index < -0.39 is 12.8 Å². The van der Waals surface area contributed by atoms with Gasteiger partial charge in [0.05, 0.1) is 15.8 Å². The van der Waals surface area contributed by atoms with Gasteiger partial charge < -0.3 is 9.64 Å². The Morgan fingerprint density at radius 2 is 2.00 bits per heavy atom.